The lowest BCUT2D eigenvalue weighted by atomic mass is 10.0. The second-order valence-corrected chi connectivity index (χ2v) is 4.56. The number of aryl methyl sites for hydroxylation is 1. The fourth-order valence-corrected chi connectivity index (χ4v) is 2.03. The molecule has 2 nitrogen and oxygen atoms in total. The van der Waals surface area contributed by atoms with Gasteiger partial charge < -0.3 is 10.2 Å². The third kappa shape index (κ3) is 2.74. The molecule has 0 fully saturated rings. The van der Waals surface area contributed by atoms with E-state index < -0.39 is 5.82 Å². The number of hydrogen-bond acceptors (Lipinski definition) is 2. The predicted octanol–water partition coefficient (Wildman–Crippen LogP) is 3.88. The van der Waals surface area contributed by atoms with Crippen molar-refractivity contribution >= 4 is 11.6 Å². The zero-order valence-electron chi connectivity index (χ0n) is 10.1. The molecule has 0 aliphatic rings. The number of nitrogens with two attached hydrogens (primary N) is 1. The topological polar surface area (TPSA) is 39.2 Å². The van der Waals surface area contributed by atoms with Gasteiger partial charge >= 0.3 is 0 Å². The van der Waals surface area contributed by atoms with Gasteiger partial charge in [-0.05, 0) is 30.2 Å². The van der Waals surface area contributed by atoms with Crippen molar-refractivity contribution in [2.45, 2.75) is 25.8 Å². The highest BCUT2D eigenvalue weighted by Crippen LogP contribution is 2.25. The van der Waals surface area contributed by atoms with Gasteiger partial charge in [-0.3, -0.25) is 0 Å². The monoisotopic (exact) mass is 267 g/mol. The summed E-state index contributed by atoms with van der Waals surface area (Å²) in [5.41, 5.74) is 6.73. The Morgan fingerprint density at radius 1 is 1.33 bits per heavy atom. The van der Waals surface area contributed by atoms with E-state index in [0.717, 1.165) is 12.2 Å². The van der Waals surface area contributed by atoms with Crippen molar-refractivity contribution in [2.75, 3.05) is 0 Å². The number of hydrogen-bond donors (Lipinski definition) is 1. The molecule has 2 N–H and O–H groups in total. The molecule has 0 bridgehead atoms. The largest absolute Gasteiger partial charge is 0.464 e. The van der Waals surface area contributed by atoms with Gasteiger partial charge in [-0.2, -0.15) is 0 Å². The van der Waals surface area contributed by atoms with E-state index in [4.69, 9.17) is 21.8 Å². The summed E-state index contributed by atoms with van der Waals surface area (Å²) in [7, 11) is 0. The average molecular weight is 268 g/mol. The fraction of sp³-hybridized carbons (Fsp3) is 0.286. The Morgan fingerprint density at radius 2 is 2.11 bits per heavy atom. The van der Waals surface area contributed by atoms with Crippen LogP contribution in [0.2, 0.25) is 5.02 Å². The lowest BCUT2D eigenvalue weighted by Crippen LogP contribution is -2.13. The normalized spacial score (nSPS) is 12.7. The van der Waals surface area contributed by atoms with Crippen molar-refractivity contribution in [3.05, 3.63) is 58.3 Å². The Morgan fingerprint density at radius 3 is 2.78 bits per heavy atom. The highest BCUT2D eigenvalue weighted by Gasteiger charge is 2.14. The molecule has 1 aromatic carbocycles. The first-order valence-electron chi connectivity index (χ1n) is 5.89. The van der Waals surface area contributed by atoms with Crippen LogP contribution in [0.5, 0.6) is 0 Å². The van der Waals surface area contributed by atoms with Crippen LogP contribution >= 0.6 is 11.6 Å². The van der Waals surface area contributed by atoms with Gasteiger partial charge in [-0.1, -0.05) is 30.7 Å². The maximum atomic E-state index is 13.3. The Labute approximate surface area is 111 Å². The van der Waals surface area contributed by atoms with Crippen LogP contribution in [0.25, 0.3) is 0 Å². The van der Waals surface area contributed by atoms with Crippen LogP contribution in [0.1, 0.15) is 30.0 Å². The van der Waals surface area contributed by atoms with Crippen LogP contribution in [-0.2, 0) is 12.8 Å². The lowest BCUT2D eigenvalue weighted by molar-refractivity contribution is 0.434. The van der Waals surface area contributed by atoms with Gasteiger partial charge in [0.25, 0.3) is 0 Å². The molecule has 18 heavy (non-hydrogen) atoms. The van der Waals surface area contributed by atoms with Crippen LogP contribution in [0.4, 0.5) is 4.39 Å². The van der Waals surface area contributed by atoms with E-state index in [2.05, 4.69) is 0 Å². The summed E-state index contributed by atoms with van der Waals surface area (Å²) in [5, 5.41) is 0.134. The van der Waals surface area contributed by atoms with Crippen molar-refractivity contribution in [1.29, 1.82) is 0 Å². The molecule has 0 saturated carbocycles. The number of halogens is 2. The summed E-state index contributed by atoms with van der Waals surface area (Å²) >= 11 is 5.90. The Kier molecular flexibility index (Phi) is 4.04. The molecule has 2 rings (SSSR count). The molecule has 0 radical (unpaired) electrons. The first-order chi connectivity index (χ1) is 8.61. The molecule has 0 saturated heterocycles. The smallest absolute Gasteiger partial charge is 0.142 e. The molecule has 4 heteroatoms. The lowest BCUT2D eigenvalue weighted by Gasteiger charge is -2.10. The Bertz CT molecular complexity index is 538. The van der Waals surface area contributed by atoms with E-state index in [9.17, 15) is 4.39 Å². The number of rotatable bonds is 4. The van der Waals surface area contributed by atoms with Crippen molar-refractivity contribution in [1.82, 2.24) is 0 Å². The predicted molar refractivity (Wildman–Crippen MR) is 70.1 cm³/mol. The molecule has 1 aromatic heterocycles. The van der Waals surface area contributed by atoms with Gasteiger partial charge in [0.05, 0.1) is 11.1 Å². The number of furan rings is 1. The molecule has 1 heterocycles. The van der Waals surface area contributed by atoms with Gasteiger partial charge in [-0.15, -0.1) is 0 Å². The highest BCUT2D eigenvalue weighted by atomic mass is 35.5. The summed E-state index contributed by atoms with van der Waals surface area (Å²) in [6.07, 6.45) is 1.28. The second-order valence-electron chi connectivity index (χ2n) is 4.18. The summed E-state index contributed by atoms with van der Waals surface area (Å²) < 4.78 is 18.9. The van der Waals surface area contributed by atoms with E-state index in [0.29, 0.717) is 17.7 Å². The van der Waals surface area contributed by atoms with Crippen LogP contribution in [0.15, 0.2) is 34.7 Å². The van der Waals surface area contributed by atoms with Crippen LogP contribution in [0, 0.1) is 5.82 Å². The van der Waals surface area contributed by atoms with Crippen LogP contribution < -0.4 is 5.73 Å². The average Bonchev–Trinajstić information content (AvgIpc) is 2.83. The van der Waals surface area contributed by atoms with Crippen molar-refractivity contribution < 1.29 is 8.81 Å². The minimum atomic E-state index is -0.421. The molecule has 0 spiro atoms. The van der Waals surface area contributed by atoms with E-state index in [1.165, 1.54) is 6.07 Å². The van der Waals surface area contributed by atoms with Crippen molar-refractivity contribution in [2.24, 2.45) is 5.73 Å². The summed E-state index contributed by atoms with van der Waals surface area (Å²) in [5.74, 6) is 1.17. The van der Waals surface area contributed by atoms with Gasteiger partial charge in [0.2, 0.25) is 0 Å². The standard InChI is InChI=1S/C14H15ClFNO/c1-2-10-6-7-13(18-10)12(17)8-9-4-3-5-11(16)14(9)15/h3-7,12H,2,8,17H2,1H3. The van der Waals surface area contributed by atoms with Crippen LogP contribution in [-0.4, -0.2) is 0 Å². The maximum absolute atomic E-state index is 13.3. The Balaban J connectivity index is 2.15. The maximum Gasteiger partial charge on any atom is 0.142 e. The van der Waals surface area contributed by atoms with E-state index in [1.807, 2.05) is 19.1 Å². The Hall–Kier alpha value is -1.32. The summed E-state index contributed by atoms with van der Waals surface area (Å²) in [6, 6.07) is 8.18. The summed E-state index contributed by atoms with van der Waals surface area (Å²) in [6.45, 7) is 2.01. The SMILES string of the molecule is CCc1ccc(C(N)Cc2cccc(F)c2Cl)o1. The van der Waals surface area contributed by atoms with Crippen molar-refractivity contribution in [3.63, 3.8) is 0 Å². The zero-order valence-corrected chi connectivity index (χ0v) is 10.9. The zero-order chi connectivity index (χ0) is 13.1. The molecular formula is C14H15ClFNO. The van der Waals surface area contributed by atoms with Gasteiger partial charge in [0.15, 0.2) is 0 Å². The van der Waals surface area contributed by atoms with Gasteiger partial charge in [-0.25, -0.2) is 4.39 Å². The highest BCUT2D eigenvalue weighted by molar-refractivity contribution is 6.31. The van der Waals surface area contributed by atoms with E-state index in [-0.39, 0.29) is 11.1 Å². The summed E-state index contributed by atoms with van der Waals surface area (Å²) in [4.78, 5) is 0. The molecule has 1 atom stereocenters. The van der Waals surface area contributed by atoms with Gasteiger partial charge in [0.1, 0.15) is 17.3 Å². The quantitative estimate of drug-likeness (QED) is 0.913. The molecule has 0 amide bonds. The van der Waals surface area contributed by atoms with Crippen molar-refractivity contribution in [3.8, 4) is 0 Å². The third-order valence-electron chi connectivity index (χ3n) is 2.87. The number of benzene rings is 1. The van der Waals surface area contributed by atoms with Gasteiger partial charge in [0, 0.05) is 6.42 Å². The molecule has 1 unspecified atom stereocenters. The first-order valence-corrected chi connectivity index (χ1v) is 6.26. The fourth-order valence-electron chi connectivity index (χ4n) is 1.83. The van der Waals surface area contributed by atoms with E-state index >= 15 is 0 Å². The first kappa shape index (κ1) is 13.1. The molecule has 2 aromatic rings. The minimum absolute atomic E-state index is 0.134. The third-order valence-corrected chi connectivity index (χ3v) is 3.29. The molecule has 96 valence electrons. The van der Waals surface area contributed by atoms with Crippen LogP contribution in [0.3, 0.4) is 0 Å². The molecule has 0 aliphatic heterocycles. The second kappa shape index (κ2) is 5.55. The molecule has 0 aliphatic carbocycles. The minimum Gasteiger partial charge on any atom is -0.464 e. The molecular weight excluding hydrogens is 253 g/mol. The van der Waals surface area contributed by atoms with E-state index in [1.54, 1.807) is 12.1 Å².